The molecule has 0 aromatic heterocycles. The van der Waals surface area contributed by atoms with Gasteiger partial charge in [0.15, 0.2) is 0 Å². The van der Waals surface area contributed by atoms with Crippen LogP contribution >= 0.6 is 0 Å². The molecule has 8 atom stereocenters. The van der Waals surface area contributed by atoms with E-state index in [1.54, 1.807) is 14.0 Å². The molecule has 5 saturated carbocycles. The highest BCUT2D eigenvalue weighted by atomic mass is 16.7. The number of carbonyl (C=O) groups excluding carboxylic acids is 1. The minimum atomic E-state index is -0.619. The fourth-order valence-corrected chi connectivity index (χ4v) is 8.74. The van der Waals surface area contributed by atoms with Crippen molar-refractivity contribution in [3.63, 3.8) is 0 Å². The summed E-state index contributed by atoms with van der Waals surface area (Å²) in [5.74, 6) is 1.12. The largest absolute Gasteiger partial charge is 0.481 e. The summed E-state index contributed by atoms with van der Waals surface area (Å²) in [6.07, 6.45) is 9.00. The molecule has 0 aromatic rings. The van der Waals surface area contributed by atoms with E-state index in [1.807, 2.05) is 6.92 Å². The zero-order valence-electron chi connectivity index (χ0n) is 18.5. The first-order valence-electron chi connectivity index (χ1n) is 11.5. The van der Waals surface area contributed by atoms with Crippen LogP contribution in [0.5, 0.6) is 0 Å². The van der Waals surface area contributed by atoms with Crippen LogP contribution in [0.15, 0.2) is 0 Å². The van der Waals surface area contributed by atoms with E-state index in [0.29, 0.717) is 18.3 Å². The lowest BCUT2D eigenvalue weighted by molar-refractivity contribution is -0.269. The zero-order chi connectivity index (χ0) is 21.0. The molecule has 1 spiro atoms. The van der Waals surface area contributed by atoms with Gasteiger partial charge in [-0.05, 0) is 87.9 Å². The van der Waals surface area contributed by atoms with Crippen LogP contribution in [0.3, 0.4) is 0 Å². The number of hydrogen-bond acceptors (Lipinski definition) is 4. The molecule has 5 rings (SSSR count). The summed E-state index contributed by atoms with van der Waals surface area (Å²) < 4.78 is 11.7. The minimum Gasteiger partial charge on any atom is -0.481 e. The van der Waals surface area contributed by atoms with E-state index in [4.69, 9.17) is 9.47 Å². The highest BCUT2D eigenvalue weighted by Gasteiger charge is 2.69. The number of fused-ring (bicyclic) bond motifs is 3. The van der Waals surface area contributed by atoms with Crippen LogP contribution in [-0.2, 0) is 19.1 Å². The molecule has 5 heteroatoms. The van der Waals surface area contributed by atoms with Crippen molar-refractivity contribution in [1.29, 1.82) is 0 Å². The predicted octanol–water partition coefficient (Wildman–Crippen LogP) is 4.68. The van der Waals surface area contributed by atoms with Gasteiger partial charge in [0.05, 0.1) is 11.5 Å². The van der Waals surface area contributed by atoms with Gasteiger partial charge in [-0.1, -0.05) is 13.3 Å². The van der Waals surface area contributed by atoms with Gasteiger partial charge in [-0.3, -0.25) is 4.79 Å². The van der Waals surface area contributed by atoms with Crippen molar-refractivity contribution >= 4 is 11.8 Å². The zero-order valence-corrected chi connectivity index (χ0v) is 18.5. The van der Waals surface area contributed by atoms with Crippen LogP contribution in [0.1, 0.15) is 78.6 Å². The summed E-state index contributed by atoms with van der Waals surface area (Å²) in [7, 11) is 1.66. The van der Waals surface area contributed by atoms with Crippen molar-refractivity contribution in [3.8, 4) is 0 Å². The molecule has 1 N–H and O–H groups in total. The van der Waals surface area contributed by atoms with Gasteiger partial charge in [-0.2, -0.15) is 0 Å². The lowest BCUT2D eigenvalue weighted by Gasteiger charge is -2.70. The molecule has 5 aliphatic rings. The first kappa shape index (κ1) is 21.3. The average molecular weight is 407 g/mol. The highest BCUT2D eigenvalue weighted by Crippen LogP contribution is 2.72. The summed E-state index contributed by atoms with van der Waals surface area (Å²) >= 11 is 0. The molecule has 5 aliphatic carbocycles. The summed E-state index contributed by atoms with van der Waals surface area (Å²) in [5.41, 5.74) is -0.513. The Balaban J connectivity index is 1.73. The number of aliphatic carboxylic acids is 1. The molecule has 0 heterocycles. The number of ether oxygens (including phenoxy) is 2. The molecule has 0 aromatic carbocycles. The van der Waals surface area contributed by atoms with Crippen molar-refractivity contribution in [1.82, 2.24) is 0 Å². The number of rotatable bonds is 6. The Kier molecular flexibility index (Phi) is 5.39. The van der Waals surface area contributed by atoms with E-state index >= 15 is 0 Å². The van der Waals surface area contributed by atoms with Gasteiger partial charge < -0.3 is 19.4 Å². The Bertz CT molecular complexity index is 676. The average Bonchev–Trinajstić information content (AvgIpc) is 2.66. The number of Topliss-reactive ketones (excluding diaryl/α,β-unsaturated/α-hetero) is 1. The Morgan fingerprint density at radius 2 is 1.79 bits per heavy atom. The van der Waals surface area contributed by atoms with Crippen molar-refractivity contribution in [2.45, 2.75) is 84.7 Å². The Labute approximate surface area is 174 Å². The third-order valence-electron chi connectivity index (χ3n) is 9.82. The SMILES string of the molecule is COCO[C@@H]1[C@@H](CC(C)=O)[C@H]2CC[C@@]13CC[C@H]1[C@@](C)(CCC[C@@]1(C)C(=O)O)[C@@H]3C2. The van der Waals surface area contributed by atoms with E-state index in [0.717, 1.165) is 44.9 Å². The fraction of sp³-hybridized carbons (Fsp3) is 0.917. The first-order valence-corrected chi connectivity index (χ1v) is 11.5. The number of ketones is 1. The van der Waals surface area contributed by atoms with E-state index < -0.39 is 11.4 Å². The second-order valence-electron chi connectivity index (χ2n) is 11.1. The normalized spacial score (nSPS) is 48.6. The number of methoxy groups -OCH3 is 1. The molecule has 0 unspecified atom stereocenters. The van der Waals surface area contributed by atoms with Gasteiger partial charge in [0.2, 0.25) is 0 Å². The number of carbonyl (C=O) groups is 2. The first-order chi connectivity index (χ1) is 13.7. The van der Waals surface area contributed by atoms with Gasteiger partial charge in [-0.15, -0.1) is 0 Å². The Morgan fingerprint density at radius 1 is 1.07 bits per heavy atom. The van der Waals surface area contributed by atoms with Crippen LogP contribution in [0.4, 0.5) is 0 Å². The number of carboxylic acid groups (broad SMARTS) is 1. The molecule has 164 valence electrons. The maximum atomic E-state index is 12.3. The molecule has 29 heavy (non-hydrogen) atoms. The van der Waals surface area contributed by atoms with Crippen molar-refractivity contribution in [2.24, 2.45) is 39.9 Å². The van der Waals surface area contributed by atoms with E-state index in [1.165, 1.54) is 6.42 Å². The van der Waals surface area contributed by atoms with Crippen LogP contribution in [0.2, 0.25) is 0 Å². The summed E-state index contributed by atoms with van der Waals surface area (Å²) in [6, 6.07) is 0. The lowest BCUT2D eigenvalue weighted by Crippen LogP contribution is -2.67. The number of hydrogen-bond donors (Lipinski definition) is 1. The van der Waals surface area contributed by atoms with Crippen molar-refractivity contribution in [3.05, 3.63) is 0 Å². The Morgan fingerprint density at radius 3 is 2.45 bits per heavy atom. The standard InChI is InChI=1S/C24H38O5/c1-15(25)12-17-16-6-10-24(20(17)29-14-28-4)11-7-18-22(2,19(24)13-16)8-5-9-23(18,3)21(26)27/h16-20H,5-14H2,1-4H3,(H,26,27)/t16-,17-,18-,19-,20+,22+,23+,24-/m0/s1. The highest BCUT2D eigenvalue weighted by molar-refractivity contribution is 5.76. The van der Waals surface area contributed by atoms with Gasteiger partial charge in [0.25, 0.3) is 0 Å². The van der Waals surface area contributed by atoms with Crippen LogP contribution in [-0.4, -0.2) is 36.9 Å². The Hall–Kier alpha value is -0.940. The molecule has 0 radical (unpaired) electrons. The molecule has 0 aliphatic heterocycles. The maximum absolute atomic E-state index is 12.3. The van der Waals surface area contributed by atoms with Gasteiger partial charge in [-0.25, -0.2) is 0 Å². The maximum Gasteiger partial charge on any atom is 0.309 e. The van der Waals surface area contributed by atoms with Crippen LogP contribution < -0.4 is 0 Å². The van der Waals surface area contributed by atoms with Gasteiger partial charge in [0.1, 0.15) is 12.6 Å². The van der Waals surface area contributed by atoms with E-state index in [-0.39, 0.29) is 41.3 Å². The molecular formula is C24H38O5. The topological polar surface area (TPSA) is 72.8 Å². The monoisotopic (exact) mass is 406 g/mol. The molecular weight excluding hydrogens is 368 g/mol. The fourth-order valence-electron chi connectivity index (χ4n) is 8.74. The second kappa shape index (κ2) is 7.33. The van der Waals surface area contributed by atoms with Crippen molar-refractivity contribution in [2.75, 3.05) is 13.9 Å². The van der Waals surface area contributed by atoms with Crippen molar-refractivity contribution < 1.29 is 24.2 Å². The molecule has 5 fully saturated rings. The van der Waals surface area contributed by atoms with E-state index in [9.17, 15) is 14.7 Å². The molecule has 2 bridgehead atoms. The van der Waals surface area contributed by atoms with Crippen LogP contribution in [0.25, 0.3) is 0 Å². The van der Waals surface area contributed by atoms with E-state index in [2.05, 4.69) is 6.92 Å². The summed E-state index contributed by atoms with van der Waals surface area (Å²) in [5, 5.41) is 10.1. The molecule has 0 amide bonds. The summed E-state index contributed by atoms with van der Waals surface area (Å²) in [6.45, 7) is 6.35. The smallest absolute Gasteiger partial charge is 0.309 e. The van der Waals surface area contributed by atoms with Crippen LogP contribution in [0, 0.1) is 39.9 Å². The molecule has 0 saturated heterocycles. The number of carboxylic acids is 1. The van der Waals surface area contributed by atoms with Gasteiger partial charge >= 0.3 is 5.97 Å². The quantitative estimate of drug-likeness (QED) is 0.649. The lowest BCUT2D eigenvalue weighted by atomic mass is 9.35. The minimum absolute atomic E-state index is 0.0399. The second-order valence-corrected chi connectivity index (χ2v) is 11.1. The third kappa shape index (κ3) is 3.02. The molecule has 5 nitrogen and oxygen atoms in total. The summed E-state index contributed by atoms with van der Waals surface area (Å²) in [4.78, 5) is 24.4. The predicted molar refractivity (Wildman–Crippen MR) is 109 cm³/mol. The van der Waals surface area contributed by atoms with Gasteiger partial charge in [0, 0.05) is 18.9 Å². The third-order valence-corrected chi connectivity index (χ3v) is 9.82.